The van der Waals surface area contributed by atoms with E-state index in [2.05, 4.69) is 75.0 Å². The normalized spacial score (nSPS) is 18.9. The van der Waals surface area contributed by atoms with Crippen molar-refractivity contribution < 1.29 is 14.3 Å². The number of imidazole rings is 1. The molecule has 10 heteroatoms. The number of rotatable bonds is 14. The number of carbonyl (C=O) groups is 1. The molecular weight excluding hydrogens is 565 g/mol. The molecule has 0 radical (unpaired) electrons. The molecule has 2 unspecified atom stereocenters. The van der Waals surface area contributed by atoms with Crippen molar-refractivity contribution >= 4 is 45.0 Å². The van der Waals surface area contributed by atoms with E-state index in [1.165, 1.54) is 11.1 Å². The van der Waals surface area contributed by atoms with Crippen molar-refractivity contribution in [3.8, 4) is 0 Å². The van der Waals surface area contributed by atoms with Crippen LogP contribution in [0.4, 0.5) is 0 Å². The van der Waals surface area contributed by atoms with Crippen molar-refractivity contribution in [2.45, 2.75) is 82.7 Å². The van der Waals surface area contributed by atoms with Gasteiger partial charge in [0.2, 0.25) is 5.91 Å². The summed E-state index contributed by atoms with van der Waals surface area (Å²) in [5.41, 5.74) is 11.2. The minimum Gasteiger partial charge on any atom is -0.361 e. The standard InChI is InChI=1S/C31H48N4O3SSi2/c1-23-12-8-9-13-24(23)29-25(31(36)35(39-29)22-38-17-19-41(5,6)7)20-26(32)30-33-27-14-10-11-15-28(27)34(30)21-37-16-18-40(2,3)4/h8-15,25-26,29H,16-22,32H2,1-7H3/t25?,26-,29?/m0/s1. The summed E-state index contributed by atoms with van der Waals surface area (Å²) in [6.45, 7) is 18.3. The fraction of sp³-hybridized carbons (Fsp3) is 0.548. The Labute approximate surface area is 252 Å². The van der Waals surface area contributed by atoms with Crippen LogP contribution in [0, 0.1) is 12.8 Å². The third-order valence-electron chi connectivity index (χ3n) is 7.61. The first kappa shape index (κ1) is 32.0. The van der Waals surface area contributed by atoms with E-state index in [1.54, 1.807) is 16.3 Å². The highest BCUT2D eigenvalue weighted by molar-refractivity contribution is 7.98. The van der Waals surface area contributed by atoms with Crippen molar-refractivity contribution in [1.29, 1.82) is 0 Å². The molecule has 1 aromatic heterocycles. The number of carbonyl (C=O) groups excluding carboxylic acids is 1. The molecule has 0 spiro atoms. The molecule has 1 amide bonds. The van der Waals surface area contributed by atoms with Crippen LogP contribution < -0.4 is 5.73 Å². The highest BCUT2D eigenvalue weighted by atomic mass is 32.2. The van der Waals surface area contributed by atoms with Crippen molar-refractivity contribution in [1.82, 2.24) is 13.9 Å². The Morgan fingerprint density at radius 3 is 2.20 bits per heavy atom. The molecule has 1 fully saturated rings. The number of aryl methyl sites for hydroxylation is 1. The maximum Gasteiger partial charge on any atom is 0.239 e. The molecule has 41 heavy (non-hydrogen) atoms. The zero-order valence-corrected chi connectivity index (χ0v) is 28.7. The van der Waals surface area contributed by atoms with E-state index >= 15 is 0 Å². The lowest BCUT2D eigenvalue weighted by atomic mass is 9.89. The van der Waals surface area contributed by atoms with Crippen LogP contribution in [0.5, 0.6) is 0 Å². The van der Waals surface area contributed by atoms with Crippen LogP contribution in [0.25, 0.3) is 11.0 Å². The Balaban J connectivity index is 1.55. The summed E-state index contributed by atoms with van der Waals surface area (Å²) in [5, 5.41) is -0.0267. The largest absolute Gasteiger partial charge is 0.361 e. The molecule has 3 aromatic rings. The first-order valence-corrected chi connectivity index (χ1v) is 23.0. The molecule has 0 bridgehead atoms. The number of nitrogens with zero attached hydrogens (tertiary/aromatic N) is 3. The number of benzene rings is 2. The number of hydrogen-bond acceptors (Lipinski definition) is 6. The Hall–Kier alpha value is -1.96. The van der Waals surface area contributed by atoms with Gasteiger partial charge in [-0.25, -0.2) is 4.98 Å². The second-order valence-corrected chi connectivity index (χ2v) is 26.0. The van der Waals surface area contributed by atoms with Crippen LogP contribution >= 0.6 is 11.9 Å². The molecule has 2 heterocycles. The molecule has 2 aromatic carbocycles. The van der Waals surface area contributed by atoms with E-state index in [4.69, 9.17) is 20.2 Å². The first-order valence-electron chi connectivity index (χ1n) is 14.7. The van der Waals surface area contributed by atoms with Gasteiger partial charge in [-0.05, 0) is 60.6 Å². The third kappa shape index (κ3) is 8.55. The minimum absolute atomic E-state index is 0.0267. The van der Waals surface area contributed by atoms with Crippen LogP contribution in [0.2, 0.25) is 51.4 Å². The minimum atomic E-state index is -1.21. The molecule has 3 atom stereocenters. The SMILES string of the molecule is Cc1ccccc1C1SN(COCC[Si](C)(C)C)C(=O)C1C[C@H](N)c1nc2ccccc2n1COCC[Si](C)(C)C. The Morgan fingerprint density at radius 1 is 0.927 bits per heavy atom. The van der Waals surface area contributed by atoms with Gasteiger partial charge in [-0.3, -0.25) is 9.10 Å². The molecule has 1 aliphatic heterocycles. The van der Waals surface area contributed by atoms with E-state index in [0.29, 0.717) is 26.5 Å². The van der Waals surface area contributed by atoms with Crippen molar-refractivity contribution in [2.24, 2.45) is 11.7 Å². The maximum absolute atomic E-state index is 13.9. The molecule has 4 rings (SSSR count). The number of aromatic nitrogens is 2. The van der Waals surface area contributed by atoms with E-state index in [-0.39, 0.29) is 17.1 Å². The third-order valence-corrected chi connectivity index (χ3v) is 12.4. The summed E-state index contributed by atoms with van der Waals surface area (Å²) in [7, 11) is -2.41. The Kier molecular flexibility index (Phi) is 10.6. The Morgan fingerprint density at radius 2 is 1.54 bits per heavy atom. The van der Waals surface area contributed by atoms with E-state index in [1.807, 2.05) is 24.3 Å². The number of para-hydroxylation sites is 2. The van der Waals surface area contributed by atoms with Crippen molar-refractivity contribution in [3.05, 3.63) is 65.5 Å². The smallest absolute Gasteiger partial charge is 0.239 e. The summed E-state index contributed by atoms with van der Waals surface area (Å²) < 4.78 is 16.1. The maximum atomic E-state index is 13.9. The topological polar surface area (TPSA) is 82.6 Å². The van der Waals surface area contributed by atoms with Crippen LogP contribution in [0.15, 0.2) is 48.5 Å². The molecular formula is C31H48N4O3SSi2. The van der Waals surface area contributed by atoms with Gasteiger partial charge in [0.05, 0.1) is 28.2 Å². The fourth-order valence-corrected chi connectivity index (χ4v) is 7.94. The zero-order chi connectivity index (χ0) is 29.8. The van der Waals surface area contributed by atoms with Crippen LogP contribution in [0.3, 0.4) is 0 Å². The van der Waals surface area contributed by atoms with Gasteiger partial charge in [0.25, 0.3) is 0 Å². The van der Waals surface area contributed by atoms with Crippen molar-refractivity contribution in [3.63, 3.8) is 0 Å². The second kappa shape index (κ2) is 13.6. The molecule has 224 valence electrons. The van der Waals surface area contributed by atoms with Crippen LogP contribution in [-0.2, 0) is 21.0 Å². The number of hydrogen-bond donors (Lipinski definition) is 1. The highest BCUT2D eigenvalue weighted by Crippen LogP contribution is 2.49. The van der Waals surface area contributed by atoms with E-state index in [0.717, 1.165) is 35.6 Å². The molecule has 2 N–H and O–H groups in total. The van der Waals surface area contributed by atoms with Gasteiger partial charge in [-0.2, -0.15) is 0 Å². The van der Waals surface area contributed by atoms with E-state index in [9.17, 15) is 4.79 Å². The summed E-state index contributed by atoms with van der Waals surface area (Å²) in [6.07, 6.45) is 0.495. The predicted octanol–water partition coefficient (Wildman–Crippen LogP) is 7.21. The lowest BCUT2D eigenvalue weighted by Gasteiger charge is -2.22. The number of ether oxygens (including phenoxy) is 2. The van der Waals surface area contributed by atoms with Gasteiger partial charge in [-0.15, -0.1) is 0 Å². The van der Waals surface area contributed by atoms with Gasteiger partial charge in [0.1, 0.15) is 19.3 Å². The van der Waals surface area contributed by atoms with Gasteiger partial charge < -0.3 is 19.8 Å². The molecule has 0 saturated carbocycles. The zero-order valence-electron chi connectivity index (χ0n) is 25.9. The van der Waals surface area contributed by atoms with Gasteiger partial charge in [0, 0.05) is 29.4 Å². The van der Waals surface area contributed by atoms with Gasteiger partial charge >= 0.3 is 0 Å². The monoisotopic (exact) mass is 612 g/mol. The van der Waals surface area contributed by atoms with E-state index < -0.39 is 22.2 Å². The van der Waals surface area contributed by atoms with Crippen molar-refractivity contribution in [2.75, 3.05) is 19.9 Å². The summed E-state index contributed by atoms with van der Waals surface area (Å²) in [6, 6.07) is 18.2. The molecule has 7 nitrogen and oxygen atoms in total. The van der Waals surface area contributed by atoms with Gasteiger partial charge in [-0.1, -0.05) is 75.7 Å². The fourth-order valence-electron chi connectivity index (χ4n) is 5.03. The highest BCUT2D eigenvalue weighted by Gasteiger charge is 2.44. The summed E-state index contributed by atoms with van der Waals surface area (Å²) in [4.78, 5) is 18.8. The average Bonchev–Trinajstić information content (AvgIpc) is 3.41. The first-order chi connectivity index (χ1) is 19.3. The predicted molar refractivity (Wildman–Crippen MR) is 176 cm³/mol. The van der Waals surface area contributed by atoms with Crippen LogP contribution in [0.1, 0.15) is 34.7 Å². The summed E-state index contributed by atoms with van der Waals surface area (Å²) in [5.74, 6) is 0.573. The molecule has 0 aliphatic carbocycles. The molecule has 1 saturated heterocycles. The number of nitrogens with two attached hydrogens (primary N) is 1. The lowest BCUT2D eigenvalue weighted by molar-refractivity contribution is -0.132. The average molecular weight is 613 g/mol. The number of amides is 1. The summed E-state index contributed by atoms with van der Waals surface area (Å²) >= 11 is 1.58. The van der Waals surface area contributed by atoms with Gasteiger partial charge in [0.15, 0.2) is 0 Å². The Bertz CT molecular complexity index is 1320. The quantitative estimate of drug-likeness (QED) is 0.118. The lowest BCUT2D eigenvalue weighted by Crippen LogP contribution is -2.30. The molecule has 1 aliphatic rings. The number of fused-ring (bicyclic) bond motifs is 1. The second-order valence-electron chi connectivity index (χ2n) is 13.6. The van der Waals surface area contributed by atoms with Crippen LogP contribution in [-0.4, -0.2) is 55.9 Å².